The molecule has 10 heteroatoms. The Kier molecular flexibility index (Phi) is 9.05. The molecule has 0 amide bonds. The van der Waals surface area contributed by atoms with Crippen LogP contribution in [0.4, 0.5) is 13.2 Å². The Bertz CT molecular complexity index is 788. The molecule has 0 atom stereocenters. The van der Waals surface area contributed by atoms with Crippen molar-refractivity contribution in [2.24, 2.45) is 12.0 Å². The Morgan fingerprint density at radius 2 is 1.82 bits per heavy atom. The molecule has 0 saturated heterocycles. The first-order chi connectivity index (χ1) is 12.7. The van der Waals surface area contributed by atoms with Crippen LogP contribution in [0.5, 0.6) is 5.75 Å². The van der Waals surface area contributed by atoms with E-state index in [1.54, 1.807) is 19.2 Å². The number of aliphatic imine (C=N–C) groups is 1. The van der Waals surface area contributed by atoms with Crippen LogP contribution in [0.15, 0.2) is 29.3 Å². The third kappa shape index (κ3) is 7.21. The highest BCUT2D eigenvalue weighted by atomic mass is 127. The van der Waals surface area contributed by atoms with Crippen molar-refractivity contribution in [3.8, 4) is 5.75 Å². The molecular formula is C18H25F3IN5O. The van der Waals surface area contributed by atoms with Crippen molar-refractivity contribution in [1.82, 2.24) is 20.4 Å². The van der Waals surface area contributed by atoms with Gasteiger partial charge in [0.05, 0.1) is 5.69 Å². The van der Waals surface area contributed by atoms with Gasteiger partial charge in [0, 0.05) is 38.4 Å². The van der Waals surface area contributed by atoms with Gasteiger partial charge in [0.15, 0.2) is 5.96 Å². The van der Waals surface area contributed by atoms with Crippen molar-refractivity contribution in [3.63, 3.8) is 0 Å². The molecule has 2 rings (SSSR count). The number of rotatable bonds is 6. The zero-order valence-corrected chi connectivity index (χ0v) is 18.6. The lowest BCUT2D eigenvalue weighted by Crippen LogP contribution is -2.38. The Balaban J connectivity index is 0.00000392. The molecule has 0 aliphatic rings. The monoisotopic (exact) mass is 511 g/mol. The molecule has 6 nitrogen and oxygen atoms in total. The Morgan fingerprint density at radius 3 is 2.32 bits per heavy atom. The van der Waals surface area contributed by atoms with E-state index in [4.69, 9.17) is 0 Å². The van der Waals surface area contributed by atoms with E-state index in [-0.39, 0.29) is 29.7 Å². The fourth-order valence-corrected chi connectivity index (χ4v) is 2.65. The van der Waals surface area contributed by atoms with Gasteiger partial charge in [0.2, 0.25) is 0 Å². The zero-order valence-electron chi connectivity index (χ0n) is 16.2. The second-order valence-corrected chi connectivity index (χ2v) is 6.07. The number of guanidine groups is 1. The van der Waals surface area contributed by atoms with Crippen molar-refractivity contribution in [2.45, 2.75) is 33.2 Å². The van der Waals surface area contributed by atoms with Crippen molar-refractivity contribution in [2.75, 3.05) is 13.6 Å². The fraction of sp³-hybridized carbons (Fsp3) is 0.444. The molecule has 156 valence electrons. The molecule has 1 heterocycles. The van der Waals surface area contributed by atoms with Gasteiger partial charge in [-0.25, -0.2) is 0 Å². The largest absolute Gasteiger partial charge is 0.573 e. The van der Waals surface area contributed by atoms with Gasteiger partial charge in [-0.05, 0) is 38.0 Å². The van der Waals surface area contributed by atoms with E-state index in [9.17, 15) is 13.2 Å². The van der Waals surface area contributed by atoms with Crippen molar-refractivity contribution in [1.29, 1.82) is 0 Å². The first kappa shape index (κ1) is 24.1. The molecule has 2 aromatic rings. The molecule has 0 fully saturated rings. The smallest absolute Gasteiger partial charge is 0.406 e. The highest BCUT2D eigenvalue weighted by Gasteiger charge is 2.30. The average molecular weight is 511 g/mol. The molecule has 1 aromatic carbocycles. The van der Waals surface area contributed by atoms with Crippen LogP contribution in [-0.4, -0.2) is 35.7 Å². The number of nitrogens with one attached hydrogen (secondary N) is 2. The SMILES string of the molecule is CN=C(NCCc1ccc(OC(F)(F)F)cc1)NCc1c(C)nn(C)c1C.I. The van der Waals surface area contributed by atoms with Crippen molar-refractivity contribution < 1.29 is 17.9 Å². The summed E-state index contributed by atoms with van der Waals surface area (Å²) in [6, 6.07) is 5.84. The van der Waals surface area contributed by atoms with E-state index in [1.165, 1.54) is 12.1 Å². The quantitative estimate of drug-likeness (QED) is 0.355. The summed E-state index contributed by atoms with van der Waals surface area (Å²) in [5.74, 6) is 0.425. The number of benzene rings is 1. The molecule has 0 spiro atoms. The number of aryl methyl sites for hydroxylation is 2. The second kappa shape index (κ2) is 10.5. The Hall–Kier alpha value is -1.98. The Labute approximate surface area is 179 Å². The summed E-state index contributed by atoms with van der Waals surface area (Å²) >= 11 is 0. The van der Waals surface area contributed by atoms with Gasteiger partial charge in [-0.15, -0.1) is 37.1 Å². The van der Waals surface area contributed by atoms with E-state index in [1.807, 2.05) is 25.6 Å². The molecule has 1 aromatic heterocycles. The maximum atomic E-state index is 12.2. The lowest BCUT2D eigenvalue weighted by molar-refractivity contribution is -0.274. The number of nitrogens with zero attached hydrogens (tertiary/aromatic N) is 3. The normalized spacial score (nSPS) is 11.8. The highest BCUT2D eigenvalue weighted by Crippen LogP contribution is 2.22. The fourth-order valence-electron chi connectivity index (χ4n) is 2.65. The van der Waals surface area contributed by atoms with Gasteiger partial charge in [0.1, 0.15) is 5.75 Å². The molecule has 0 aliphatic heterocycles. The van der Waals surface area contributed by atoms with Gasteiger partial charge < -0.3 is 15.4 Å². The molecule has 0 aliphatic carbocycles. The second-order valence-electron chi connectivity index (χ2n) is 6.07. The first-order valence-corrected chi connectivity index (χ1v) is 8.48. The average Bonchev–Trinajstić information content (AvgIpc) is 2.83. The molecule has 0 saturated carbocycles. The number of aromatic nitrogens is 2. The van der Waals surface area contributed by atoms with Crippen molar-refractivity contribution >= 4 is 29.9 Å². The first-order valence-electron chi connectivity index (χ1n) is 8.48. The predicted octanol–water partition coefficient (Wildman–Crippen LogP) is 3.46. The molecule has 0 bridgehead atoms. The van der Waals surface area contributed by atoms with Crippen LogP contribution in [0, 0.1) is 13.8 Å². The van der Waals surface area contributed by atoms with Crippen LogP contribution in [0.2, 0.25) is 0 Å². The molecule has 0 radical (unpaired) electrons. The minimum Gasteiger partial charge on any atom is -0.406 e. The summed E-state index contributed by atoms with van der Waals surface area (Å²) in [5.41, 5.74) is 4.09. The summed E-state index contributed by atoms with van der Waals surface area (Å²) in [4.78, 5) is 4.18. The predicted molar refractivity (Wildman–Crippen MR) is 113 cm³/mol. The molecule has 28 heavy (non-hydrogen) atoms. The zero-order chi connectivity index (χ0) is 20.0. The van der Waals surface area contributed by atoms with Crippen LogP contribution >= 0.6 is 24.0 Å². The van der Waals surface area contributed by atoms with E-state index in [0.717, 1.165) is 22.5 Å². The number of hydrogen-bond acceptors (Lipinski definition) is 3. The number of halogens is 4. The van der Waals surface area contributed by atoms with Gasteiger partial charge in [0.25, 0.3) is 0 Å². The maximum absolute atomic E-state index is 12.2. The minimum absolute atomic E-state index is 0. The summed E-state index contributed by atoms with van der Waals surface area (Å²) in [6.45, 7) is 5.17. The lowest BCUT2D eigenvalue weighted by Gasteiger charge is -2.13. The maximum Gasteiger partial charge on any atom is 0.573 e. The third-order valence-electron chi connectivity index (χ3n) is 4.18. The molecule has 0 unspecified atom stereocenters. The van der Waals surface area contributed by atoms with E-state index in [0.29, 0.717) is 25.5 Å². The van der Waals surface area contributed by atoms with Gasteiger partial charge in [-0.3, -0.25) is 9.67 Å². The summed E-state index contributed by atoms with van der Waals surface area (Å²) in [6.07, 6.45) is -4.04. The summed E-state index contributed by atoms with van der Waals surface area (Å²) < 4.78 is 42.2. The van der Waals surface area contributed by atoms with Gasteiger partial charge in [-0.1, -0.05) is 12.1 Å². The number of ether oxygens (including phenoxy) is 1. The van der Waals surface area contributed by atoms with Gasteiger partial charge in [-0.2, -0.15) is 5.10 Å². The summed E-state index contributed by atoms with van der Waals surface area (Å²) in [7, 11) is 3.59. The van der Waals surface area contributed by atoms with E-state index < -0.39 is 6.36 Å². The molecular weight excluding hydrogens is 486 g/mol. The van der Waals surface area contributed by atoms with Gasteiger partial charge >= 0.3 is 6.36 Å². The van der Waals surface area contributed by atoms with Crippen LogP contribution in [0.3, 0.4) is 0 Å². The van der Waals surface area contributed by atoms with Crippen LogP contribution < -0.4 is 15.4 Å². The van der Waals surface area contributed by atoms with E-state index >= 15 is 0 Å². The standard InChI is InChI=1S/C18H24F3N5O.HI/c1-12-16(13(2)26(4)25-12)11-24-17(22-3)23-10-9-14-5-7-15(8-6-14)27-18(19,20)21;/h5-8H,9-11H2,1-4H3,(H2,22,23,24);1H. The number of hydrogen-bond donors (Lipinski definition) is 2. The van der Waals surface area contributed by atoms with Crippen molar-refractivity contribution in [3.05, 3.63) is 46.8 Å². The third-order valence-corrected chi connectivity index (χ3v) is 4.18. The Morgan fingerprint density at radius 1 is 1.18 bits per heavy atom. The van der Waals surface area contributed by atoms with Crippen LogP contribution in [0.1, 0.15) is 22.5 Å². The highest BCUT2D eigenvalue weighted by molar-refractivity contribution is 14.0. The number of alkyl halides is 3. The summed E-state index contributed by atoms with van der Waals surface area (Å²) in [5, 5.41) is 10.8. The lowest BCUT2D eigenvalue weighted by atomic mass is 10.1. The minimum atomic E-state index is -4.67. The van der Waals surface area contributed by atoms with E-state index in [2.05, 4.69) is 25.5 Å². The molecule has 2 N–H and O–H groups in total. The van der Waals surface area contributed by atoms with Crippen LogP contribution in [0.25, 0.3) is 0 Å². The topological polar surface area (TPSA) is 63.5 Å². The van der Waals surface area contributed by atoms with Crippen LogP contribution in [-0.2, 0) is 20.0 Å².